The summed E-state index contributed by atoms with van der Waals surface area (Å²) >= 11 is 0. The highest BCUT2D eigenvalue weighted by Gasteiger charge is 2.20. The molecule has 6 nitrogen and oxygen atoms in total. The third-order valence-corrected chi connectivity index (χ3v) is 3.65. The van der Waals surface area contributed by atoms with Crippen LogP contribution < -0.4 is 10.6 Å². The molecule has 118 valence electrons. The molecule has 0 spiro atoms. The first-order valence-electron chi connectivity index (χ1n) is 7.32. The van der Waals surface area contributed by atoms with Crippen LogP contribution in [0.5, 0.6) is 0 Å². The lowest BCUT2D eigenvalue weighted by Gasteiger charge is -2.13. The summed E-state index contributed by atoms with van der Waals surface area (Å²) < 4.78 is 5.05. The summed E-state index contributed by atoms with van der Waals surface area (Å²) in [7, 11) is 1.40. The molecule has 1 atom stereocenters. The number of rotatable bonds is 4. The fourth-order valence-electron chi connectivity index (χ4n) is 2.47. The minimum absolute atomic E-state index is 0.116. The van der Waals surface area contributed by atoms with Crippen molar-refractivity contribution in [3.63, 3.8) is 0 Å². The number of hydrogen-bond acceptors (Lipinski definition) is 4. The van der Waals surface area contributed by atoms with Gasteiger partial charge in [0.1, 0.15) is 0 Å². The van der Waals surface area contributed by atoms with E-state index in [1.165, 1.54) is 25.1 Å². The Morgan fingerprint density at radius 3 is 2.68 bits per heavy atom. The lowest BCUT2D eigenvalue weighted by Crippen LogP contribution is -2.43. The summed E-state index contributed by atoms with van der Waals surface area (Å²) in [5, 5.41) is 4.32. The molecular weight excluding hydrogens is 284 g/mol. The van der Waals surface area contributed by atoms with Crippen LogP contribution in [0, 0.1) is 0 Å². The van der Waals surface area contributed by atoms with E-state index in [-0.39, 0.29) is 6.42 Å². The van der Waals surface area contributed by atoms with Crippen molar-refractivity contribution >= 4 is 17.9 Å². The van der Waals surface area contributed by atoms with Crippen LogP contribution in [-0.2, 0) is 33.6 Å². The second-order valence-corrected chi connectivity index (χ2v) is 5.33. The van der Waals surface area contributed by atoms with E-state index in [1.807, 2.05) is 18.2 Å². The van der Waals surface area contributed by atoms with E-state index in [0.29, 0.717) is 0 Å². The van der Waals surface area contributed by atoms with Gasteiger partial charge >= 0.3 is 12.0 Å². The molecule has 1 aromatic rings. The normalized spacial score (nSPS) is 13.9. The standard InChI is InChI=1S/C16H20N2O4/c1-10(15(20)18-16(21)17-2)22-14(19)9-11-6-7-12-4-3-5-13(12)8-11/h6-8,10H,3-5,9H2,1-2H3,(H2,17,18,20,21)/t10-/m0/s1. The zero-order valence-corrected chi connectivity index (χ0v) is 12.8. The highest BCUT2D eigenvalue weighted by atomic mass is 16.5. The van der Waals surface area contributed by atoms with Crippen molar-refractivity contribution in [1.82, 2.24) is 10.6 Å². The summed E-state index contributed by atoms with van der Waals surface area (Å²) in [5.41, 5.74) is 3.51. The lowest BCUT2D eigenvalue weighted by molar-refractivity contribution is -0.153. The van der Waals surface area contributed by atoms with Crippen LogP contribution in [0.15, 0.2) is 18.2 Å². The number of hydrogen-bond donors (Lipinski definition) is 2. The maximum Gasteiger partial charge on any atom is 0.321 e. The van der Waals surface area contributed by atoms with Gasteiger partial charge in [0.25, 0.3) is 5.91 Å². The molecule has 0 radical (unpaired) electrons. The van der Waals surface area contributed by atoms with Gasteiger partial charge < -0.3 is 10.1 Å². The number of amides is 3. The van der Waals surface area contributed by atoms with Gasteiger partial charge in [0, 0.05) is 7.05 Å². The van der Waals surface area contributed by atoms with E-state index in [0.717, 1.165) is 24.8 Å². The Bertz CT molecular complexity index is 598. The fourth-order valence-corrected chi connectivity index (χ4v) is 2.47. The maximum atomic E-state index is 11.9. The van der Waals surface area contributed by atoms with Crippen LogP contribution in [0.3, 0.4) is 0 Å². The van der Waals surface area contributed by atoms with Crippen molar-refractivity contribution in [1.29, 1.82) is 0 Å². The molecule has 3 amide bonds. The molecule has 0 aliphatic heterocycles. The molecule has 0 bridgehead atoms. The van der Waals surface area contributed by atoms with Gasteiger partial charge in [-0.3, -0.25) is 14.9 Å². The molecule has 1 aliphatic rings. The van der Waals surface area contributed by atoms with E-state index in [2.05, 4.69) is 10.6 Å². The number of benzene rings is 1. The van der Waals surface area contributed by atoms with Crippen molar-refractivity contribution in [3.8, 4) is 0 Å². The molecule has 1 aliphatic carbocycles. The van der Waals surface area contributed by atoms with Gasteiger partial charge in [0.2, 0.25) is 0 Å². The molecule has 2 rings (SSSR count). The van der Waals surface area contributed by atoms with Crippen LogP contribution in [0.2, 0.25) is 0 Å². The largest absolute Gasteiger partial charge is 0.452 e. The van der Waals surface area contributed by atoms with Crippen LogP contribution >= 0.6 is 0 Å². The van der Waals surface area contributed by atoms with E-state index in [1.54, 1.807) is 0 Å². The van der Waals surface area contributed by atoms with Crippen LogP contribution in [0.1, 0.15) is 30.0 Å². The summed E-state index contributed by atoms with van der Waals surface area (Å²) in [6.45, 7) is 1.43. The number of ether oxygens (including phenoxy) is 1. The predicted molar refractivity (Wildman–Crippen MR) is 80.3 cm³/mol. The van der Waals surface area contributed by atoms with E-state index >= 15 is 0 Å². The minimum Gasteiger partial charge on any atom is -0.452 e. The van der Waals surface area contributed by atoms with Gasteiger partial charge in [-0.1, -0.05) is 18.2 Å². The number of carbonyl (C=O) groups excluding carboxylic acids is 3. The summed E-state index contributed by atoms with van der Waals surface area (Å²) in [6, 6.07) is 5.36. The first kappa shape index (κ1) is 16.0. The summed E-state index contributed by atoms with van der Waals surface area (Å²) in [5.74, 6) is -1.14. The Morgan fingerprint density at radius 1 is 1.23 bits per heavy atom. The molecule has 6 heteroatoms. The van der Waals surface area contributed by atoms with Crippen molar-refractivity contribution in [3.05, 3.63) is 34.9 Å². The first-order valence-corrected chi connectivity index (χ1v) is 7.32. The number of esters is 1. The SMILES string of the molecule is CNC(=O)NC(=O)[C@H](C)OC(=O)Cc1ccc2c(c1)CCC2. The molecule has 22 heavy (non-hydrogen) atoms. The number of aryl methyl sites for hydroxylation is 2. The first-order chi connectivity index (χ1) is 10.5. The quantitative estimate of drug-likeness (QED) is 0.816. The monoisotopic (exact) mass is 304 g/mol. The van der Waals surface area contributed by atoms with Crippen LogP contribution in [0.4, 0.5) is 4.79 Å². The molecule has 0 unspecified atom stereocenters. The molecule has 0 fully saturated rings. The average molecular weight is 304 g/mol. The van der Waals surface area contributed by atoms with Gasteiger partial charge in [-0.15, -0.1) is 0 Å². The van der Waals surface area contributed by atoms with E-state index < -0.39 is 24.0 Å². The Hall–Kier alpha value is -2.37. The molecule has 0 saturated heterocycles. The molecular formula is C16H20N2O4. The molecule has 0 saturated carbocycles. The molecule has 0 aromatic heterocycles. The van der Waals surface area contributed by atoms with E-state index in [9.17, 15) is 14.4 Å². The van der Waals surface area contributed by atoms with Gasteiger partial charge in [0.05, 0.1) is 6.42 Å². The molecule has 0 heterocycles. The average Bonchev–Trinajstić information content (AvgIpc) is 2.94. The van der Waals surface area contributed by atoms with E-state index in [4.69, 9.17) is 4.74 Å². The second kappa shape index (κ2) is 7.06. The Kier molecular flexibility index (Phi) is 5.14. The lowest BCUT2D eigenvalue weighted by atomic mass is 10.0. The Labute approximate surface area is 129 Å². The maximum absolute atomic E-state index is 11.9. The van der Waals surface area contributed by atoms with Gasteiger partial charge in [-0.2, -0.15) is 0 Å². The highest BCUT2D eigenvalue weighted by molar-refractivity contribution is 5.97. The van der Waals surface area contributed by atoms with Crippen molar-refractivity contribution in [2.24, 2.45) is 0 Å². The number of imide groups is 1. The second-order valence-electron chi connectivity index (χ2n) is 5.33. The van der Waals surface area contributed by atoms with Crippen molar-refractivity contribution < 1.29 is 19.1 Å². The van der Waals surface area contributed by atoms with Crippen LogP contribution in [0.25, 0.3) is 0 Å². The Balaban J connectivity index is 1.87. The Morgan fingerprint density at radius 2 is 1.95 bits per heavy atom. The third kappa shape index (κ3) is 4.07. The molecule has 2 N–H and O–H groups in total. The minimum atomic E-state index is -1.01. The topological polar surface area (TPSA) is 84.5 Å². The third-order valence-electron chi connectivity index (χ3n) is 3.65. The van der Waals surface area contributed by atoms with Gasteiger partial charge in [-0.25, -0.2) is 4.79 Å². The molecule has 1 aromatic carbocycles. The number of nitrogens with one attached hydrogen (secondary N) is 2. The number of carbonyl (C=O) groups is 3. The fraction of sp³-hybridized carbons (Fsp3) is 0.438. The summed E-state index contributed by atoms with van der Waals surface area (Å²) in [4.78, 5) is 34.5. The highest BCUT2D eigenvalue weighted by Crippen LogP contribution is 2.23. The predicted octanol–water partition coefficient (Wildman–Crippen LogP) is 1.11. The van der Waals surface area contributed by atoms with Crippen LogP contribution in [-0.4, -0.2) is 31.1 Å². The number of urea groups is 1. The van der Waals surface area contributed by atoms with Gasteiger partial charge in [0.15, 0.2) is 6.10 Å². The zero-order chi connectivity index (χ0) is 16.1. The smallest absolute Gasteiger partial charge is 0.321 e. The summed E-state index contributed by atoms with van der Waals surface area (Å²) in [6.07, 6.45) is 2.39. The zero-order valence-electron chi connectivity index (χ0n) is 12.8. The number of fused-ring (bicyclic) bond motifs is 1. The van der Waals surface area contributed by atoms with Crippen molar-refractivity contribution in [2.45, 2.75) is 38.7 Å². The van der Waals surface area contributed by atoms with Gasteiger partial charge in [-0.05, 0) is 42.9 Å². The van der Waals surface area contributed by atoms with Crippen molar-refractivity contribution in [2.75, 3.05) is 7.05 Å².